The summed E-state index contributed by atoms with van der Waals surface area (Å²) in [5.74, 6) is 4.94. The molecule has 8 nitrogen and oxygen atoms in total. The summed E-state index contributed by atoms with van der Waals surface area (Å²) in [6.45, 7) is 6.70. The molecule has 0 amide bonds. The Labute approximate surface area is 205 Å². The predicted molar refractivity (Wildman–Crippen MR) is 132 cm³/mol. The highest BCUT2D eigenvalue weighted by Crippen LogP contribution is 2.26. The number of carboxylic acid groups (broad SMARTS) is 1. The maximum atomic E-state index is 12.9. The van der Waals surface area contributed by atoms with E-state index in [1.807, 2.05) is 16.8 Å². The van der Waals surface area contributed by atoms with Gasteiger partial charge in [-0.15, -0.1) is 5.92 Å². The topological polar surface area (TPSA) is 121 Å². The SMILES string of the molecule is CC#CCOc1ccc(S(=O)(=O)NC(Cc2cn(CC(C)C)c3ccc(C#N)cc23)C(=O)O)cc1. The fraction of sp³-hybridized carbons (Fsp3) is 0.308. The summed E-state index contributed by atoms with van der Waals surface area (Å²) in [5, 5.41) is 19.9. The Morgan fingerprint density at radius 1 is 1.20 bits per heavy atom. The maximum Gasteiger partial charge on any atom is 0.322 e. The first-order valence-electron chi connectivity index (χ1n) is 11.0. The minimum Gasteiger partial charge on any atom is -0.481 e. The molecule has 0 fully saturated rings. The first-order chi connectivity index (χ1) is 16.6. The van der Waals surface area contributed by atoms with Crippen LogP contribution in [0.4, 0.5) is 0 Å². The quantitative estimate of drug-likeness (QED) is 0.417. The normalized spacial score (nSPS) is 12.1. The Morgan fingerprint density at radius 2 is 1.91 bits per heavy atom. The van der Waals surface area contributed by atoms with Gasteiger partial charge in [0, 0.05) is 30.1 Å². The number of nitriles is 1. The van der Waals surface area contributed by atoms with E-state index >= 15 is 0 Å². The molecule has 1 unspecified atom stereocenters. The van der Waals surface area contributed by atoms with Crippen LogP contribution in [0.1, 0.15) is 31.9 Å². The van der Waals surface area contributed by atoms with Crippen LogP contribution < -0.4 is 9.46 Å². The third-order valence-electron chi connectivity index (χ3n) is 5.30. The molecule has 1 heterocycles. The van der Waals surface area contributed by atoms with Crippen LogP contribution in [0.2, 0.25) is 0 Å². The zero-order chi connectivity index (χ0) is 25.6. The minimum absolute atomic E-state index is 0.0771. The third kappa shape index (κ3) is 6.42. The van der Waals surface area contributed by atoms with E-state index in [9.17, 15) is 23.6 Å². The van der Waals surface area contributed by atoms with E-state index in [0.29, 0.717) is 29.3 Å². The molecule has 0 aliphatic heterocycles. The molecule has 1 atom stereocenters. The van der Waals surface area contributed by atoms with Crippen LogP contribution in [0.25, 0.3) is 10.9 Å². The molecule has 182 valence electrons. The summed E-state index contributed by atoms with van der Waals surface area (Å²) < 4.78 is 35.6. The highest BCUT2D eigenvalue weighted by atomic mass is 32.2. The van der Waals surface area contributed by atoms with E-state index in [0.717, 1.165) is 10.9 Å². The van der Waals surface area contributed by atoms with Crippen LogP contribution in [-0.2, 0) is 27.8 Å². The van der Waals surface area contributed by atoms with Gasteiger partial charge in [-0.2, -0.15) is 9.98 Å². The lowest BCUT2D eigenvalue weighted by molar-refractivity contribution is -0.138. The molecule has 2 aromatic carbocycles. The van der Waals surface area contributed by atoms with Gasteiger partial charge in [-0.25, -0.2) is 8.42 Å². The fourth-order valence-corrected chi connectivity index (χ4v) is 4.90. The lowest BCUT2D eigenvalue weighted by Crippen LogP contribution is -2.42. The number of carboxylic acids is 1. The Kier molecular flexibility index (Phi) is 8.18. The van der Waals surface area contributed by atoms with Crippen LogP contribution in [0, 0.1) is 29.1 Å². The number of carbonyl (C=O) groups is 1. The Balaban J connectivity index is 1.88. The Hall–Kier alpha value is -3.79. The van der Waals surface area contributed by atoms with Gasteiger partial charge in [-0.05, 0) is 60.9 Å². The second kappa shape index (κ2) is 11.1. The number of nitrogens with zero attached hydrogens (tertiary/aromatic N) is 2. The number of hydrogen-bond donors (Lipinski definition) is 2. The molecule has 2 N–H and O–H groups in total. The van der Waals surface area contributed by atoms with Crippen molar-refractivity contribution >= 4 is 26.9 Å². The number of aromatic nitrogens is 1. The molecule has 3 rings (SSSR count). The van der Waals surface area contributed by atoms with Crippen molar-refractivity contribution in [3.05, 3.63) is 59.8 Å². The van der Waals surface area contributed by atoms with Crippen LogP contribution in [-0.4, -0.2) is 36.7 Å². The molecule has 0 radical (unpaired) electrons. The van der Waals surface area contributed by atoms with Crippen molar-refractivity contribution < 1.29 is 23.1 Å². The molecule has 35 heavy (non-hydrogen) atoms. The maximum absolute atomic E-state index is 12.9. The van der Waals surface area contributed by atoms with Crippen LogP contribution in [0.3, 0.4) is 0 Å². The van der Waals surface area contributed by atoms with Gasteiger partial charge < -0.3 is 14.4 Å². The second-order valence-electron chi connectivity index (χ2n) is 8.45. The highest BCUT2D eigenvalue weighted by molar-refractivity contribution is 7.89. The van der Waals surface area contributed by atoms with Crippen molar-refractivity contribution in [3.8, 4) is 23.7 Å². The number of nitrogens with one attached hydrogen (secondary N) is 1. The summed E-state index contributed by atoms with van der Waals surface area (Å²) in [6.07, 6.45) is 1.75. The van der Waals surface area contributed by atoms with Crippen molar-refractivity contribution in [2.45, 2.75) is 44.7 Å². The van der Waals surface area contributed by atoms with Crippen molar-refractivity contribution in [1.82, 2.24) is 9.29 Å². The molecule has 0 saturated carbocycles. The predicted octanol–water partition coefficient (Wildman–Crippen LogP) is 3.55. The van der Waals surface area contributed by atoms with Gasteiger partial charge in [-0.1, -0.05) is 19.8 Å². The molecule has 0 bridgehead atoms. The molecule has 3 aromatic rings. The van der Waals surface area contributed by atoms with Gasteiger partial charge in [0.1, 0.15) is 18.4 Å². The minimum atomic E-state index is -4.12. The van der Waals surface area contributed by atoms with Crippen LogP contribution in [0.15, 0.2) is 53.6 Å². The molecule has 0 saturated heterocycles. The monoisotopic (exact) mass is 493 g/mol. The zero-order valence-corrected chi connectivity index (χ0v) is 20.6. The average molecular weight is 494 g/mol. The zero-order valence-electron chi connectivity index (χ0n) is 19.8. The standard InChI is InChI=1S/C26H27N3O5S/c1-4-5-12-34-21-7-9-22(10-8-21)35(32,33)28-24(26(30)31)14-20-17-29(16-18(2)3)25-11-6-19(15-27)13-23(20)25/h6-11,13,17-18,24,28H,12,14,16H2,1-3H3,(H,30,31). The van der Waals surface area contributed by atoms with Gasteiger partial charge in [-0.3, -0.25) is 4.79 Å². The summed E-state index contributed by atoms with van der Waals surface area (Å²) in [5.41, 5.74) is 1.96. The smallest absolute Gasteiger partial charge is 0.322 e. The number of ether oxygens (including phenoxy) is 1. The van der Waals surface area contributed by atoms with Crippen LogP contribution >= 0.6 is 0 Å². The van der Waals surface area contributed by atoms with Crippen molar-refractivity contribution in [2.75, 3.05) is 6.61 Å². The molecule has 9 heteroatoms. The van der Waals surface area contributed by atoms with E-state index in [-0.39, 0.29) is 17.9 Å². The average Bonchev–Trinajstić information content (AvgIpc) is 3.14. The number of fused-ring (bicyclic) bond motifs is 1. The number of hydrogen-bond acceptors (Lipinski definition) is 5. The number of sulfonamides is 1. The first-order valence-corrected chi connectivity index (χ1v) is 12.5. The molecular weight excluding hydrogens is 466 g/mol. The Morgan fingerprint density at radius 3 is 2.51 bits per heavy atom. The molecular formula is C26H27N3O5S. The van der Waals surface area contributed by atoms with Gasteiger partial charge in [0.05, 0.1) is 16.5 Å². The van der Waals surface area contributed by atoms with Gasteiger partial charge in [0.25, 0.3) is 0 Å². The van der Waals surface area contributed by atoms with E-state index in [1.54, 1.807) is 19.1 Å². The largest absolute Gasteiger partial charge is 0.481 e. The van der Waals surface area contributed by atoms with Crippen LogP contribution in [0.5, 0.6) is 5.75 Å². The second-order valence-corrected chi connectivity index (χ2v) is 10.2. The molecule has 0 aliphatic rings. The summed E-state index contributed by atoms with van der Waals surface area (Å²) >= 11 is 0. The summed E-state index contributed by atoms with van der Waals surface area (Å²) in [4.78, 5) is 12.0. The number of rotatable bonds is 10. The molecule has 0 aliphatic carbocycles. The number of benzene rings is 2. The first kappa shape index (κ1) is 25.8. The van der Waals surface area contributed by atoms with E-state index in [4.69, 9.17) is 4.74 Å². The lowest BCUT2D eigenvalue weighted by Gasteiger charge is -2.15. The fourth-order valence-electron chi connectivity index (χ4n) is 3.71. The summed E-state index contributed by atoms with van der Waals surface area (Å²) in [7, 11) is -4.12. The molecule has 0 spiro atoms. The lowest BCUT2D eigenvalue weighted by atomic mass is 10.0. The van der Waals surface area contributed by atoms with Crippen molar-refractivity contribution in [3.63, 3.8) is 0 Å². The van der Waals surface area contributed by atoms with Gasteiger partial charge in [0.2, 0.25) is 10.0 Å². The third-order valence-corrected chi connectivity index (χ3v) is 6.78. The summed E-state index contributed by atoms with van der Waals surface area (Å²) in [6, 6.07) is 11.6. The highest BCUT2D eigenvalue weighted by Gasteiger charge is 2.27. The Bertz CT molecular complexity index is 1420. The molecule has 1 aromatic heterocycles. The van der Waals surface area contributed by atoms with E-state index in [2.05, 4.69) is 36.5 Å². The van der Waals surface area contributed by atoms with E-state index in [1.165, 1.54) is 24.3 Å². The van der Waals surface area contributed by atoms with Gasteiger partial charge >= 0.3 is 5.97 Å². The van der Waals surface area contributed by atoms with Crippen molar-refractivity contribution in [2.24, 2.45) is 5.92 Å². The van der Waals surface area contributed by atoms with E-state index < -0.39 is 22.0 Å². The number of aliphatic carboxylic acids is 1. The van der Waals surface area contributed by atoms with Crippen molar-refractivity contribution in [1.29, 1.82) is 5.26 Å². The van der Waals surface area contributed by atoms with Gasteiger partial charge in [0.15, 0.2) is 0 Å².